The predicted octanol–water partition coefficient (Wildman–Crippen LogP) is 3.68. The van der Waals surface area contributed by atoms with Crippen molar-refractivity contribution in [3.05, 3.63) is 39.8 Å². The van der Waals surface area contributed by atoms with E-state index in [2.05, 4.69) is 43.5 Å². The number of aromatic nitrogens is 2. The average Bonchev–Trinajstić information content (AvgIpc) is 2.97. The lowest BCUT2D eigenvalue weighted by molar-refractivity contribution is 0.658. The van der Waals surface area contributed by atoms with E-state index in [1.165, 1.54) is 16.0 Å². The predicted molar refractivity (Wildman–Crippen MR) is 69.1 cm³/mol. The molecule has 2 rings (SSSR count). The van der Waals surface area contributed by atoms with Gasteiger partial charge in [0, 0.05) is 23.5 Å². The lowest BCUT2D eigenvalue weighted by Gasteiger charge is -2.05. The van der Waals surface area contributed by atoms with E-state index in [-0.39, 0.29) is 0 Å². The van der Waals surface area contributed by atoms with Gasteiger partial charge in [0.25, 0.3) is 0 Å². The van der Waals surface area contributed by atoms with Crippen LogP contribution in [0.5, 0.6) is 0 Å². The summed E-state index contributed by atoms with van der Waals surface area (Å²) in [6.07, 6.45) is 5.26. The summed E-state index contributed by atoms with van der Waals surface area (Å²) in [5.41, 5.74) is 2.72. The Labute approximate surface area is 101 Å². The summed E-state index contributed by atoms with van der Waals surface area (Å²) in [6, 6.07) is 2.32. The van der Waals surface area contributed by atoms with Crippen molar-refractivity contribution in [3.63, 3.8) is 0 Å². The van der Waals surface area contributed by atoms with Gasteiger partial charge >= 0.3 is 0 Å². The molecule has 2 heterocycles. The number of rotatable bonds is 4. The lowest BCUT2D eigenvalue weighted by atomic mass is 9.98. The summed E-state index contributed by atoms with van der Waals surface area (Å²) in [4.78, 5) is 1.46. The molecule has 2 aromatic rings. The number of thiophene rings is 1. The highest BCUT2D eigenvalue weighted by Crippen LogP contribution is 2.28. The fourth-order valence-corrected chi connectivity index (χ4v) is 2.71. The Morgan fingerprint density at radius 2 is 2.19 bits per heavy atom. The molecular weight excluding hydrogens is 216 g/mol. The second-order valence-corrected chi connectivity index (χ2v) is 5.05. The van der Waals surface area contributed by atoms with Gasteiger partial charge in [-0.1, -0.05) is 13.8 Å². The molecule has 0 radical (unpaired) electrons. The Morgan fingerprint density at radius 3 is 2.75 bits per heavy atom. The van der Waals surface area contributed by atoms with Gasteiger partial charge in [0.15, 0.2) is 0 Å². The van der Waals surface area contributed by atoms with Crippen molar-refractivity contribution in [1.29, 1.82) is 0 Å². The summed E-state index contributed by atoms with van der Waals surface area (Å²) in [5.74, 6) is 0.455. The zero-order valence-electron chi connectivity index (χ0n) is 10.1. The van der Waals surface area contributed by atoms with Crippen LogP contribution in [0.1, 0.15) is 42.7 Å². The topological polar surface area (TPSA) is 17.8 Å². The molecule has 16 heavy (non-hydrogen) atoms. The SMILES string of the molecule is CCc1cc(C(C)c2cnn(CC)c2)cs1. The van der Waals surface area contributed by atoms with E-state index >= 15 is 0 Å². The van der Waals surface area contributed by atoms with Crippen LogP contribution in [0.3, 0.4) is 0 Å². The number of hydrogen-bond donors (Lipinski definition) is 0. The van der Waals surface area contributed by atoms with Gasteiger partial charge < -0.3 is 0 Å². The number of aryl methyl sites for hydroxylation is 2. The highest BCUT2D eigenvalue weighted by atomic mass is 32.1. The van der Waals surface area contributed by atoms with Gasteiger partial charge in [-0.2, -0.15) is 5.10 Å². The third kappa shape index (κ3) is 2.19. The minimum Gasteiger partial charge on any atom is -0.273 e. The zero-order chi connectivity index (χ0) is 11.5. The molecule has 0 saturated heterocycles. The monoisotopic (exact) mass is 234 g/mol. The molecule has 0 spiro atoms. The minimum absolute atomic E-state index is 0.455. The highest BCUT2D eigenvalue weighted by Gasteiger charge is 2.12. The highest BCUT2D eigenvalue weighted by molar-refractivity contribution is 7.10. The van der Waals surface area contributed by atoms with E-state index in [1.807, 2.05) is 22.2 Å². The molecule has 2 nitrogen and oxygen atoms in total. The average molecular weight is 234 g/mol. The number of hydrogen-bond acceptors (Lipinski definition) is 2. The maximum Gasteiger partial charge on any atom is 0.0527 e. The Balaban J connectivity index is 2.20. The first-order valence-electron chi connectivity index (χ1n) is 5.84. The van der Waals surface area contributed by atoms with E-state index in [1.54, 1.807) is 0 Å². The van der Waals surface area contributed by atoms with Crippen LogP contribution in [-0.4, -0.2) is 9.78 Å². The van der Waals surface area contributed by atoms with Gasteiger partial charge in [-0.3, -0.25) is 4.68 Å². The summed E-state index contributed by atoms with van der Waals surface area (Å²) in [7, 11) is 0. The third-order valence-electron chi connectivity index (χ3n) is 3.00. The second kappa shape index (κ2) is 4.83. The van der Waals surface area contributed by atoms with Crippen LogP contribution in [0.25, 0.3) is 0 Å². The van der Waals surface area contributed by atoms with E-state index in [9.17, 15) is 0 Å². The normalized spacial score (nSPS) is 12.9. The largest absolute Gasteiger partial charge is 0.273 e. The van der Waals surface area contributed by atoms with Crippen molar-refractivity contribution >= 4 is 11.3 Å². The summed E-state index contributed by atoms with van der Waals surface area (Å²) < 4.78 is 1.99. The second-order valence-electron chi connectivity index (χ2n) is 4.05. The van der Waals surface area contributed by atoms with E-state index < -0.39 is 0 Å². The fraction of sp³-hybridized carbons (Fsp3) is 0.462. The maximum atomic E-state index is 4.33. The van der Waals surface area contributed by atoms with Crippen LogP contribution in [0.15, 0.2) is 23.8 Å². The first kappa shape index (κ1) is 11.4. The molecule has 0 aromatic carbocycles. The van der Waals surface area contributed by atoms with Gasteiger partial charge in [0.1, 0.15) is 0 Å². The van der Waals surface area contributed by atoms with E-state index in [4.69, 9.17) is 0 Å². The summed E-state index contributed by atoms with van der Waals surface area (Å²) in [6.45, 7) is 7.51. The maximum absolute atomic E-state index is 4.33. The Bertz CT molecular complexity index is 414. The van der Waals surface area contributed by atoms with Crippen LogP contribution in [0.4, 0.5) is 0 Å². The first-order valence-corrected chi connectivity index (χ1v) is 6.72. The Morgan fingerprint density at radius 1 is 1.38 bits per heavy atom. The fourth-order valence-electron chi connectivity index (χ4n) is 1.78. The molecular formula is C13H18N2S. The molecule has 0 amide bonds. The third-order valence-corrected chi connectivity index (χ3v) is 4.10. The molecule has 86 valence electrons. The smallest absolute Gasteiger partial charge is 0.0527 e. The molecule has 0 bridgehead atoms. The molecule has 0 fully saturated rings. The van der Waals surface area contributed by atoms with Crippen molar-refractivity contribution in [2.75, 3.05) is 0 Å². The van der Waals surface area contributed by atoms with Gasteiger partial charge in [-0.15, -0.1) is 11.3 Å². The summed E-state index contributed by atoms with van der Waals surface area (Å²) in [5, 5.41) is 6.60. The van der Waals surface area contributed by atoms with Crippen LogP contribution in [0.2, 0.25) is 0 Å². The van der Waals surface area contributed by atoms with Gasteiger partial charge in [-0.05, 0) is 35.9 Å². The van der Waals surface area contributed by atoms with Crippen molar-refractivity contribution in [2.45, 2.75) is 39.7 Å². The van der Waals surface area contributed by atoms with Crippen molar-refractivity contribution in [2.24, 2.45) is 0 Å². The van der Waals surface area contributed by atoms with Gasteiger partial charge in [-0.25, -0.2) is 0 Å². The minimum atomic E-state index is 0.455. The molecule has 0 aliphatic rings. The zero-order valence-corrected chi connectivity index (χ0v) is 10.9. The quantitative estimate of drug-likeness (QED) is 0.789. The van der Waals surface area contributed by atoms with Crippen LogP contribution >= 0.6 is 11.3 Å². The van der Waals surface area contributed by atoms with Crippen molar-refractivity contribution < 1.29 is 0 Å². The van der Waals surface area contributed by atoms with Gasteiger partial charge in [0.05, 0.1) is 6.20 Å². The van der Waals surface area contributed by atoms with E-state index in [0.29, 0.717) is 5.92 Å². The molecule has 3 heteroatoms. The Kier molecular flexibility index (Phi) is 3.44. The molecule has 0 N–H and O–H groups in total. The molecule has 2 aromatic heterocycles. The molecule has 0 aliphatic carbocycles. The number of nitrogens with zero attached hydrogens (tertiary/aromatic N) is 2. The van der Waals surface area contributed by atoms with Crippen LogP contribution < -0.4 is 0 Å². The van der Waals surface area contributed by atoms with Crippen LogP contribution in [0, 0.1) is 0 Å². The Hall–Kier alpha value is -1.09. The summed E-state index contributed by atoms with van der Waals surface area (Å²) >= 11 is 1.86. The van der Waals surface area contributed by atoms with Gasteiger partial charge in [0.2, 0.25) is 0 Å². The van der Waals surface area contributed by atoms with Crippen molar-refractivity contribution in [1.82, 2.24) is 9.78 Å². The molecule has 1 unspecified atom stereocenters. The molecule has 0 saturated carbocycles. The van der Waals surface area contributed by atoms with Crippen LogP contribution in [-0.2, 0) is 13.0 Å². The molecule has 0 aliphatic heterocycles. The van der Waals surface area contributed by atoms with E-state index in [0.717, 1.165) is 13.0 Å². The lowest BCUT2D eigenvalue weighted by Crippen LogP contribution is -1.94. The van der Waals surface area contributed by atoms with Crippen molar-refractivity contribution in [3.8, 4) is 0 Å². The molecule has 1 atom stereocenters. The first-order chi connectivity index (χ1) is 7.74. The standard InChI is InChI=1S/C13H18N2S/c1-4-13-6-11(9-16-13)10(3)12-7-14-15(5-2)8-12/h6-10H,4-5H2,1-3H3.